The maximum atomic E-state index is 11.8. The third-order valence-corrected chi connectivity index (χ3v) is 3.48. The number of anilines is 1. The number of hydrogen-bond donors (Lipinski definition) is 2. The van der Waals surface area contributed by atoms with Gasteiger partial charge in [0.1, 0.15) is 0 Å². The van der Waals surface area contributed by atoms with Crippen LogP contribution in [0.4, 0.5) is 5.69 Å². The van der Waals surface area contributed by atoms with Gasteiger partial charge in [-0.25, -0.2) is 0 Å². The molecule has 1 aliphatic heterocycles. The molecule has 1 aromatic heterocycles. The molecule has 5 heteroatoms. The summed E-state index contributed by atoms with van der Waals surface area (Å²) >= 11 is 0. The summed E-state index contributed by atoms with van der Waals surface area (Å²) in [7, 11) is 0. The maximum absolute atomic E-state index is 11.8. The van der Waals surface area contributed by atoms with Crippen molar-refractivity contribution in [3.8, 4) is 0 Å². The molecular formula is C13H22N4O. The summed E-state index contributed by atoms with van der Waals surface area (Å²) in [5, 5.41) is 10.4. The Labute approximate surface area is 108 Å². The molecule has 1 amide bonds. The Morgan fingerprint density at radius 2 is 2.33 bits per heavy atom. The lowest BCUT2D eigenvalue weighted by atomic mass is 9.93. The van der Waals surface area contributed by atoms with Crippen LogP contribution in [0.15, 0.2) is 12.4 Å². The van der Waals surface area contributed by atoms with Crippen LogP contribution in [0.25, 0.3) is 0 Å². The lowest BCUT2D eigenvalue weighted by molar-refractivity contribution is -0.116. The SMILES string of the molecule is CCn1cc(NC(=O)CCC2CCNCC2)cn1. The van der Waals surface area contributed by atoms with Crippen molar-refractivity contribution in [1.29, 1.82) is 0 Å². The molecule has 2 heterocycles. The summed E-state index contributed by atoms with van der Waals surface area (Å²) < 4.78 is 1.81. The van der Waals surface area contributed by atoms with E-state index in [1.54, 1.807) is 6.20 Å². The molecule has 0 spiro atoms. The van der Waals surface area contributed by atoms with Crippen LogP contribution in [-0.2, 0) is 11.3 Å². The van der Waals surface area contributed by atoms with Crippen LogP contribution in [0.1, 0.15) is 32.6 Å². The van der Waals surface area contributed by atoms with E-state index in [4.69, 9.17) is 0 Å². The van der Waals surface area contributed by atoms with E-state index in [0.29, 0.717) is 12.3 Å². The number of hydrogen-bond acceptors (Lipinski definition) is 3. The summed E-state index contributed by atoms with van der Waals surface area (Å²) in [5.41, 5.74) is 0.798. The Bertz CT molecular complexity index is 382. The van der Waals surface area contributed by atoms with E-state index < -0.39 is 0 Å². The second-order valence-electron chi connectivity index (χ2n) is 4.86. The standard InChI is InChI=1S/C13H22N4O/c1-2-17-10-12(9-15-17)16-13(18)4-3-11-5-7-14-8-6-11/h9-11,14H,2-8H2,1H3,(H,16,18). The summed E-state index contributed by atoms with van der Waals surface area (Å²) in [6.45, 7) is 5.03. The Kier molecular flexibility index (Phi) is 4.75. The number of rotatable bonds is 5. The Morgan fingerprint density at radius 1 is 1.56 bits per heavy atom. The van der Waals surface area contributed by atoms with Crippen LogP contribution < -0.4 is 10.6 Å². The van der Waals surface area contributed by atoms with Crippen LogP contribution in [0.3, 0.4) is 0 Å². The second-order valence-corrected chi connectivity index (χ2v) is 4.86. The molecule has 0 saturated carbocycles. The van der Waals surface area contributed by atoms with Crippen LogP contribution >= 0.6 is 0 Å². The van der Waals surface area contributed by atoms with E-state index in [-0.39, 0.29) is 5.91 Å². The number of nitrogens with one attached hydrogen (secondary N) is 2. The normalized spacial score (nSPS) is 16.7. The average molecular weight is 250 g/mol. The molecule has 5 nitrogen and oxygen atoms in total. The number of nitrogens with zero attached hydrogens (tertiary/aromatic N) is 2. The molecule has 2 N–H and O–H groups in total. The monoisotopic (exact) mass is 250 g/mol. The van der Waals surface area contributed by atoms with Gasteiger partial charge >= 0.3 is 0 Å². The van der Waals surface area contributed by atoms with E-state index in [1.807, 2.05) is 17.8 Å². The van der Waals surface area contributed by atoms with Crippen molar-refractivity contribution in [2.24, 2.45) is 5.92 Å². The topological polar surface area (TPSA) is 59.0 Å². The largest absolute Gasteiger partial charge is 0.323 e. The van der Waals surface area contributed by atoms with Crippen molar-refractivity contribution in [2.75, 3.05) is 18.4 Å². The molecule has 100 valence electrons. The zero-order chi connectivity index (χ0) is 12.8. The van der Waals surface area contributed by atoms with Crippen LogP contribution in [0.5, 0.6) is 0 Å². The molecule has 0 unspecified atom stereocenters. The third-order valence-electron chi connectivity index (χ3n) is 3.48. The predicted octanol–water partition coefficient (Wildman–Crippen LogP) is 1.62. The van der Waals surface area contributed by atoms with Crippen LogP contribution in [-0.4, -0.2) is 28.8 Å². The number of aromatic nitrogens is 2. The minimum Gasteiger partial charge on any atom is -0.323 e. The predicted molar refractivity (Wildman–Crippen MR) is 71.4 cm³/mol. The van der Waals surface area contributed by atoms with E-state index in [9.17, 15) is 4.79 Å². The highest BCUT2D eigenvalue weighted by Crippen LogP contribution is 2.18. The van der Waals surface area contributed by atoms with Gasteiger partial charge in [0.15, 0.2) is 0 Å². The fourth-order valence-corrected chi connectivity index (χ4v) is 2.33. The van der Waals surface area contributed by atoms with Crippen LogP contribution in [0.2, 0.25) is 0 Å². The Balaban J connectivity index is 1.71. The summed E-state index contributed by atoms with van der Waals surface area (Å²) in [4.78, 5) is 11.8. The zero-order valence-corrected chi connectivity index (χ0v) is 11.0. The first kappa shape index (κ1) is 13.1. The van der Waals surface area contributed by atoms with Gasteiger partial charge in [-0.05, 0) is 45.2 Å². The van der Waals surface area contributed by atoms with Gasteiger partial charge in [0.05, 0.1) is 11.9 Å². The highest BCUT2D eigenvalue weighted by Gasteiger charge is 2.14. The van der Waals surface area contributed by atoms with Crippen molar-refractivity contribution in [3.05, 3.63) is 12.4 Å². The summed E-state index contributed by atoms with van der Waals surface area (Å²) in [6, 6.07) is 0. The lowest BCUT2D eigenvalue weighted by Gasteiger charge is -2.22. The Hall–Kier alpha value is -1.36. The highest BCUT2D eigenvalue weighted by molar-refractivity contribution is 5.90. The van der Waals surface area contributed by atoms with Gasteiger partial charge in [0.25, 0.3) is 0 Å². The zero-order valence-electron chi connectivity index (χ0n) is 11.0. The molecule has 1 aromatic rings. The second kappa shape index (κ2) is 6.54. The fourth-order valence-electron chi connectivity index (χ4n) is 2.33. The van der Waals surface area contributed by atoms with E-state index in [0.717, 1.165) is 31.7 Å². The van der Waals surface area contributed by atoms with Crippen molar-refractivity contribution in [2.45, 2.75) is 39.2 Å². The quantitative estimate of drug-likeness (QED) is 0.835. The molecule has 0 aromatic carbocycles. The molecule has 1 aliphatic rings. The smallest absolute Gasteiger partial charge is 0.224 e. The van der Waals surface area contributed by atoms with Gasteiger partial charge in [-0.2, -0.15) is 5.10 Å². The molecule has 0 radical (unpaired) electrons. The van der Waals surface area contributed by atoms with E-state index in [1.165, 1.54) is 12.8 Å². The van der Waals surface area contributed by atoms with Crippen LogP contribution in [0, 0.1) is 5.92 Å². The van der Waals surface area contributed by atoms with E-state index in [2.05, 4.69) is 15.7 Å². The minimum absolute atomic E-state index is 0.101. The molecule has 18 heavy (non-hydrogen) atoms. The molecule has 0 aliphatic carbocycles. The summed E-state index contributed by atoms with van der Waals surface area (Å²) in [5.74, 6) is 0.805. The van der Waals surface area contributed by atoms with Gasteiger partial charge in [0.2, 0.25) is 5.91 Å². The molecule has 2 rings (SSSR count). The Morgan fingerprint density at radius 3 is 3.00 bits per heavy atom. The summed E-state index contributed by atoms with van der Waals surface area (Å²) in [6.07, 6.45) is 7.56. The number of aryl methyl sites for hydroxylation is 1. The molecule has 1 saturated heterocycles. The number of carbonyl (C=O) groups excluding carboxylic acids is 1. The number of piperidine rings is 1. The fraction of sp³-hybridized carbons (Fsp3) is 0.692. The average Bonchev–Trinajstić information content (AvgIpc) is 2.85. The number of amides is 1. The molecular weight excluding hydrogens is 228 g/mol. The lowest BCUT2D eigenvalue weighted by Crippen LogP contribution is -2.28. The van der Waals surface area contributed by atoms with Gasteiger partial charge in [-0.1, -0.05) is 0 Å². The first-order valence-corrected chi connectivity index (χ1v) is 6.81. The minimum atomic E-state index is 0.101. The molecule has 0 atom stereocenters. The van der Waals surface area contributed by atoms with Gasteiger partial charge in [-0.15, -0.1) is 0 Å². The first-order valence-electron chi connectivity index (χ1n) is 6.81. The number of carbonyl (C=O) groups is 1. The molecule has 1 fully saturated rings. The van der Waals surface area contributed by atoms with E-state index >= 15 is 0 Å². The highest BCUT2D eigenvalue weighted by atomic mass is 16.1. The van der Waals surface area contributed by atoms with Crippen molar-refractivity contribution < 1.29 is 4.79 Å². The first-order chi connectivity index (χ1) is 8.78. The van der Waals surface area contributed by atoms with Crippen molar-refractivity contribution in [3.63, 3.8) is 0 Å². The van der Waals surface area contributed by atoms with Gasteiger partial charge < -0.3 is 10.6 Å². The maximum Gasteiger partial charge on any atom is 0.224 e. The third kappa shape index (κ3) is 3.84. The van der Waals surface area contributed by atoms with Crippen molar-refractivity contribution in [1.82, 2.24) is 15.1 Å². The van der Waals surface area contributed by atoms with Gasteiger partial charge in [-0.3, -0.25) is 9.48 Å². The van der Waals surface area contributed by atoms with Crippen molar-refractivity contribution >= 4 is 11.6 Å². The van der Waals surface area contributed by atoms with Gasteiger partial charge in [0, 0.05) is 19.2 Å². The molecule has 0 bridgehead atoms.